The van der Waals surface area contributed by atoms with Crippen molar-refractivity contribution in [2.24, 2.45) is 0 Å². The van der Waals surface area contributed by atoms with Crippen molar-refractivity contribution < 1.29 is 8.42 Å². The van der Waals surface area contributed by atoms with Gasteiger partial charge in [0.25, 0.3) is 10.0 Å². The summed E-state index contributed by atoms with van der Waals surface area (Å²) in [4.78, 5) is 4.10. The van der Waals surface area contributed by atoms with Crippen LogP contribution in [-0.2, 0) is 10.0 Å². The van der Waals surface area contributed by atoms with E-state index in [1.807, 2.05) is 0 Å². The van der Waals surface area contributed by atoms with E-state index < -0.39 is 10.0 Å². The van der Waals surface area contributed by atoms with Crippen molar-refractivity contribution in [3.05, 3.63) is 34.7 Å². The van der Waals surface area contributed by atoms with E-state index in [2.05, 4.69) is 35.8 Å². The molecule has 2 aromatic rings. The van der Waals surface area contributed by atoms with Gasteiger partial charge in [-0.1, -0.05) is 6.07 Å². The largest absolute Gasteiger partial charge is 0.281 e. The SMILES string of the molecule is Cc1[nH]ncc1S(=O)(=O)Nc1cccc(Br)n1. The van der Waals surface area contributed by atoms with Gasteiger partial charge in [0.2, 0.25) is 0 Å². The molecule has 0 aliphatic carbocycles. The number of aryl methyl sites for hydroxylation is 1. The monoisotopic (exact) mass is 316 g/mol. The Bertz CT molecular complexity index is 638. The number of hydrogen-bond acceptors (Lipinski definition) is 4. The zero-order valence-corrected chi connectivity index (χ0v) is 11.2. The molecule has 6 nitrogen and oxygen atoms in total. The highest BCUT2D eigenvalue weighted by Gasteiger charge is 2.19. The topological polar surface area (TPSA) is 87.7 Å². The molecule has 0 radical (unpaired) electrons. The molecule has 17 heavy (non-hydrogen) atoms. The molecule has 2 N–H and O–H groups in total. The van der Waals surface area contributed by atoms with Crippen LogP contribution >= 0.6 is 15.9 Å². The summed E-state index contributed by atoms with van der Waals surface area (Å²) in [7, 11) is -3.64. The van der Waals surface area contributed by atoms with Crippen LogP contribution < -0.4 is 4.72 Å². The van der Waals surface area contributed by atoms with Crippen molar-refractivity contribution in [1.29, 1.82) is 0 Å². The van der Waals surface area contributed by atoms with Crippen molar-refractivity contribution in [3.63, 3.8) is 0 Å². The third kappa shape index (κ3) is 2.64. The Morgan fingerprint density at radius 1 is 1.41 bits per heavy atom. The number of nitrogens with zero attached hydrogens (tertiary/aromatic N) is 2. The average molecular weight is 317 g/mol. The van der Waals surface area contributed by atoms with Gasteiger partial charge < -0.3 is 0 Å². The van der Waals surface area contributed by atoms with Gasteiger partial charge in [-0.15, -0.1) is 0 Å². The van der Waals surface area contributed by atoms with E-state index in [0.29, 0.717) is 10.3 Å². The van der Waals surface area contributed by atoms with Gasteiger partial charge in [0.15, 0.2) is 0 Å². The molecule has 0 fully saturated rings. The molecule has 0 saturated carbocycles. The Kier molecular flexibility index (Phi) is 3.16. The summed E-state index contributed by atoms with van der Waals surface area (Å²) in [6, 6.07) is 4.97. The van der Waals surface area contributed by atoms with Crippen LogP contribution in [0.3, 0.4) is 0 Å². The number of sulfonamides is 1. The number of anilines is 1. The maximum absolute atomic E-state index is 12.0. The standard InChI is InChI=1S/C9H9BrN4O2S/c1-6-7(5-11-13-6)17(15,16)14-9-4-2-3-8(10)12-9/h2-5H,1H3,(H,11,13)(H,12,14). The summed E-state index contributed by atoms with van der Waals surface area (Å²) in [6.45, 7) is 1.63. The molecule has 0 unspecified atom stereocenters. The minimum atomic E-state index is -3.64. The van der Waals surface area contributed by atoms with Crippen LogP contribution in [0.4, 0.5) is 5.82 Å². The predicted octanol–water partition coefficient (Wildman–Crippen LogP) is 1.68. The molecular formula is C9H9BrN4O2S. The summed E-state index contributed by atoms with van der Waals surface area (Å²) in [5.41, 5.74) is 0.479. The van der Waals surface area contributed by atoms with Crippen molar-refractivity contribution in [1.82, 2.24) is 15.2 Å². The van der Waals surface area contributed by atoms with Crippen LogP contribution in [0.25, 0.3) is 0 Å². The molecule has 2 heterocycles. The second-order valence-corrected chi connectivity index (χ2v) is 5.77. The van der Waals surface area contributed by atoms with Gasteiger partial charge in [-0.2, -0.15) is 5.10 Å². The summed E-state index contributed by atoms with van der Waals surface area (Å²) >= 11 is 3.17. The van der Waals surface area contributed by atoms with Crippen LogP contribution in [0, 0.1) is 6.92 Å². The van der Waals surface area contributed by atoms with E-state index in [4.69, 9.17) is 0 Å². The molecule has 2 aromatic heterocycles. The zero-order valence-electron chi connectivity index (χ0n) is 8.81. The van der Waals surface area contributed by atoms with Gasteiger partial charge in [0.1, 0.15) is 15.3 Å². The number of pyridine rings is 1. The molecule has 0 aromatic carbocycles. The minimum Gasteiger partial charge on any atom is -0.281 e. The second kappa shape index (κ2) is 4.46. The predicted molar refractivity (Wildman–Crippen MR) is 66.1 cm³/mol. The molecule has 0 aliphatic rings. The van der Waals surface area contributed by atoms with E-state index in [9.17, 15) is 8.42 Å². The van der Waals surface area contributed by atoms with Gasteiger partial charge in [0.05, 0.1) is 11.9 Å². The van der Waals surface area contributed by atoms with Gasteiger partial charge in [0, 0.05) is 0 Å². The van der Waals surface area contributed by atoms with E-state index in [-0.39, 0.29) is 10.7 Å². The smallest absolute Gasteiger partial charge is 0.266 e. The van der Waals surface area contributed by atoms with Gasteiger partial charge in [-0.25, -0.2) is 13.4 Å². The molecule has 90 valence electrons. The number of aromatic nitrogens is 3. The Morgan fingerprint density at radius 2 is 2.18 bits per heavy atom. The molecule has 2 rings (SSSR count). The van der Waals surface area contributed by atoms with Crippen LogP contribution in [0.15, 0.2) is 33.9 Å². The van der Waals surface area contributed by atoms with Gasteiger partial charge in [-0.3, -0.25) is 9.82 Å². The van der Waals surface area contributed by atoms with Crippen LogP contribution in [0.5, 0.6) is 0 Å². The van der Waals surface area contributed by atoms with Crippen LogP contribution in [0.2, 0.25) is 0 Å². The van der Waals surface area contributed by atoms with E-state index >= 15 is 0 Å². The van der Waals surface area contributed by atoms with E-state index in [1.54, 1.807) is 25.1 Å². The molecule has 0 spiro atoms. The van der Waals surface area contributed by atoms with Crippen LogP contribution in [0.1, 0.15) is 5.69 Å². The van der Waals surface area contributed by atoms with Gasteiger partial charge >= 0.3 is 0 Å². The lowest BCUT2D eigenvalue weighted by atomic mass is 10.5. The molecule has 8 heteroatoms. The Balaban J connectivity index is 2.33. The molecule has 0 atom stereocenters. The highest BCUT2D eigenvalue weighted by Crippen LogP contribution is 2.17. The fourth-order valence-corrected chi connectivity index (χ4v) is 2.75. The number of hydrogen-bond donors (Lipinski definition) is 2. The first-order valence-corrected chi connectivity index (χ1v) is 6.92. The molecule has 0 amide bonds. The molecular weight excluding hydrogens is 308 g/mol. The molecule has 0 saturated heterocycles. The maximum atomic E-state index is 12.0. The van der Waals surface area contributed by atoms with Crippen molar-refractivity contribution >= 4 is 31.8 Å². The fourth-order valence-electron chi connectivity index (χ4n) is 1.27. The zero-order chi connectivity index (χ0) is 12.5. The third-order valence-electron chi connectivity index (χ3n) is 2.03. The first-order valence-electron chi connectivity index (χ1n) is 4.64. The van der Waals surface area contributed by atoms with Crippen molar-refractivity contribution in [2.75, 3.05) is 4.72 Å². The average Bonchev–Trinajstić information content (AvgIpc) is 2.64. The Hall–Kier alpha value is -1.41. The van der Waals surface area contributed by atoms with E-state index in [0.717, 1.165) is 0 Å². The highest BCUT2D eigenvalue weighted by atomic mass is 79.9. The van der Waals surface area contributed by atoms with E-state index in [1.165, 1.54) is 6.20 Å². The maximum Gasteiger partial charge on any atom is 0.266 e. The molecule has 0 aliphatic heterocycles. The lowest BCUT2D eigenvalue weighted by Crippen LogP contribution is -2.14. The normalized spacial score (nSPS) is 11.4. The van der Waals surface area contributed by atoms with Crippen molar-refractivity contribution in [2.45, 2.75) is 11.8 Å². The summed E-state index contributed by atoms with van der Waals surface area (Å²) in [6.07, 6.45) is 1.26. The molecule has 0 bridgehead atoms. The quantitative estimate of drug-likeness (QED) is 0.843. The number of nitrogens with one attached hydrogen (secondary N) is 2. The Labute approximate surface area is 107 Å². The van der Waals surface area contributed by atoms with Gasteiger partial charge in [-0.05, 0) is 35.0 Å². The number of H-pyrrole nitrogens is 1. The number of halogens is 1. The highest BCUT2D eigenvalue weighted by molar-refractivity contribution is 9.10. The number of rotatable bonds is 3. The summed E-state index contributed by atoms with van der Waals surface area (Å²) < 4.78 is 26.9. The second-order valence-electron chi connectivity index (χ2n) is 3.31. The lowest BCUT2D eigenvalue weighted by molar-refractivity contribution is 0.600. The minimum absolute atomic E-state index is 0.110. The third-order valence-corrected chi connectivity index (χ3v) is 3.94. The number of aromatic amines is 1. The summed E-state index contributed by atoms with van der Waals surface area (Å²) in [5.74, 6) is 0.250. The van der Waals surface area contributed by atoms with Crippen molar-refractivity contribution in [3.8, 4) is 0 Å². The summed E-state index contributed by atoms with van der Waals surface area (Å²) in [5, 5.41) is 6.25. The fraction of sp³-hybridized carbons (Fsp3) is 0.111. The van der Waals surface area contributed by atoms with Crippen LogP contribution in [-0.4, -0.2) is 23.6 Å². The first-order chi connectivity index (χ1) is 7.99. The first kappa shape index (κ1) is 12.1. The lowest BCUT2D eigenvalue weighted by Gasteiger charge is -2.06. The Morgan fingerprint density at radius 3 is 2.76 bits per heavy atom.